The van der Waals surface area contributed by atoms with Crippen molar-refractivity contribution in [2.45, 2.75) is 45.1 Å². The highest BCUT2D eigenvalue weighted by Gasteiger charge is 2.26. The van der Waals surface area contributed by atoms with E-state index < -0.39 is 0 Å². The molecule has 0 spiro atoms. The monoisotopic (exact) mass is 283 g/mol. The number of hydrogen-bond acceptors (Lipinski definition) is 2. The van der Waals surface area contributed by atoms with Crippen molar-refractivity contribution in [1.82, 2.24) is 15.1 Å². The molecule has 1 saturated carbocycles. The molecule has 0 amide bonds. The predicted molar refractivity (Wildman–Crippen MR) is 86.5 cm³/mol. The van der Waals surface area contributed by atoms with E-state index in [1.807, 2.05) is 11.7 Å². The fourth-order valence-corrected chi connectivity index (χ4v) is 3.36. The molecule has 0 aliphatic heterocycles. The lowest BCUT2D eigenvalue weighted by molar-refractivity contribution is 0.414. The molecule has 3 rings (SSSR count). The molecule has 1 aromatic heterocycles. The van der Waals surface area contributed by atoms with Crippen molar-refractivity contribution >= 4 is 0 Å². The van der Waals surface area contributed by atoms with Crippen molar-refractivity contribution in [3.05, 3.63) is 52.8 Å². The molecule has 1 atom stereocenters. The highest BCUT2D eigenvalue weighted by Crippen LogP contribution is 2.40. The Balaban J connectivity index is 2.03. The van der Waals surface area contributed by atoms with Crippen LogP contribution in [-0.2, 0) is 7.05 Å². The smallest absolute Gasteiger partial charge is 0.0644 e. The first-order valence-electron chi connectivity index (χ1n) is 8.03. The van der Waals surface area contributed by atoms with E-state index in [1.165, 1.54) is 36.0 Å². The van der Waals surface area contributed by atoms with Crippen LogP contribution < -0.4 is 5.32 Å². The summed E-state index contributed by atoms with van der Waals surface area (Å²) in [6, 6.07) is 9.19. The molecule has 21 heavy (non-hydrogen) atoms. The maximum absolute atomic E-state index is 4.53. The standard InChI is InChI=1S/C18H25N3/c1-4-19-18(17-12-21(3)20-13(17)2)16-11-6-5-10-15(16)14-8-7-9-14/h5-6,10-12,14,18-19H,4,7-9H2,1-3H3. The van der Waals surface area contributed by atoms with E-state index in [2.05, 4.69) is 54.7 Å². The van der Waals surface area contributed by atoms with E-state index in [9.17, 15) is 0 Å². The lowest BCUT2D eigenvalue weighted by atomic mass is 9.76. The van der Waals surface area contributed by atoms with Gasteiger partial charge in [0.15, 0.2) is 0 Å². The van der Waals surface area contributed by atoms with Gasteiger partial charge in [0.25, 0.3) is 0 Å². The second kappa shape index (κ2) is 6.02. The molecular weight excluding hydrogens is 258 g/mol. The van der Waals surface area contributed by atoms with Gasteiger partial charge in [0.1, 0.15) is 0 Å². The number of aromatic nitrogens is 2. The fourth-order valence-electron chi connectivity index (χ4n) is 3.36. The normalized spacial score (nSPS) is 16.7. The van der Waals surface area contributed by atoms with Gasteiger partial charge >= 0.3 is 0 Å². The lowest BCUT2D eigenvalue weighted by Crippen LogP contribution is -2.25. The predicted octanol–water partition coefficient (Wildman–Crippen LogP) is 3.69. The number of hydrogen-bond donors (Lipinski definition) is 1. The van der Waals surface area contributed by atoms with Crippen molar-refractivity contribution in [1.29, 1.82) is 0 Å². The minimum absolute atomic E-state index is 0.250. The van der Waals surface area contributed by atoms with Crippen molar-refractivity contribution in [2.75, 3.05) is 6.54 Å². The van der Waals surface area contributed by atoms with E-state index in [0.29, 0.717) is 0 Å². The molecule has 3 heteroatoms. The summed E-state index contributed by atoms with van der Waals surface area (Å²) in [5.74, 6) is 0.749. The topological polar surface area (TPSA) is 29.9 Å². The lowest BCUT2D eigenvalue weighted by Gasteiger charge is -2.30. The van der Waals surface area contributed by atoms with Gasteiger partial charge in [-0.25, -0.2) is 0 Å². The summed E-state index contributed by atoms with van der Waals surface area (Å²) in [7, 11) is 2.00. The van der Waals surface area contributed by atoms with Crippen LogP contribution in [0, 0.1) is 6.92 Å². The molecule has 1 heterocycles. The molecule has 1 aliphatic rings. The molecular formula is C18H25N3. The summed E-state index contributed by atoms with van der Waals surface area (Å²) in [6.45, 7) is 5.23. The van der Waals surface area contributed by atoms with Gasteiger partial charge in [-0.05, 0) is 43.4 Å². The SMILES string of the molecule is CCNC(c1ccccc1C1CCC1)c1cn(C)nc1C. The summed E-state index contributed by atoms with van der Waals surface area (Å²) in [6.07, 6.45) is 6.20. The van der Waals surface area contributed by atoms with E-state index in [0.717, 1.165) is 18.2 Å². The first-order chi connectivity index (χ1) is 10.2. The Labute approximate surface area is 127 Å². The number of benzene rings is 1. The van der Waals surface area contributed by atoms with Gasteiger partial charge in [-0.2, -0.15) is 5.10 Å². The second-order valence-corrected chi connectivity index (χ2v) is 6.09. The van der Waals surface area contributed by atoms with Gasteiger partial charge in [0.05, 0.1) is 11.7 Å². The van der Waals surface area contributed by atoms with Crippen LogP contribution in [0.5, 0.6) is 0 Å². The van der Waals surface area contributed by atoms with Crippen LogP contribution in [0.15, 0.2) is 30.5 Å². The Bertz CT molecular complexity index is 611. The molecule has 1 aliphatic carbocycles. The quantitative estimate of drug-likeness (QED) is 0.907. The third-order valence-corrected chi connectivity index (χ3v) is 4.62. The Morgan fingerprint density at radius 1 is 1.29 bits per heavy atom. The molecule has 1 N–H and O–H groups in total. The first-order valence-corrected chi connectivity index (χ1v) is 8.03. The third-order valence-electron chi connectivity index (χ3n) is 4.62. The Morgan fingerprint density at radius 2 is 2.05 bits per heavy atom. The molecule has 1 aromatic carbocycles. The van der Waals surface area contributed by atoms with Gasteiger partial charge < -0.3 is 5.32 Å². The zero-order chi connectivity index (χ0) is 14.8. The van der Waals surface area contributed by atoms with E-state index in [4.69, 9.17) is 0 Å². The minimum atomic E-state index is 0.250. The number of nitrogens with zero attached hydrogens (tertiary/aromatic N) is 2. The van der Waals surface area contributed by atoms with Gasteiger partial charge in [-0.1, -0.05) is 37.6 Å². The molecule has 112 valence electrons. The highest BCUT2D eigenvalue weighted by atomic mass is 15.3. The summed E-state index contributed by atoms with van der Waals surface area (Å²) in [5.41, 5.74) is 5.37. The first kappa shape index (κ1) is 14.3. The fraction of sp³-hybridized carbons (Fsp3) is 0.500. The van der Waals surface area contributed by atoms with Crippen LogP contribution >= 0.6 is 0 Å². The van der Waals surface area contributed by atoms with Gasteiger partial charge in [0, 0.05) is 18.8 Å². The number of nitrogens with one attached hydrogen (secondary N) is 1. The molecule has 3 nitrogen and oxygen atoms in total. The number of aryl methyl sites for hydroxylation is 2. The van der Waals surface area contributed by atoms with Crippen LogP contribution in [0.25, 0.3) is 0 Å². The molecule has 0 bridgehead atoms. The Hall–Kier alpha value is -1.61. The van der Waals surface area contributed by atoms with E-state index in [1.54, 1.807) is 0 Å². The largest absolute Gasteiger partial charge is 0.306 e. The summed E-state index contributed by atoms with van der Waals surface area (Å²) in [5, 5.41) is 8.18. The van der Waals surface area contributed by atoms with E-state index >= 15 is 0 Å². The molecule has 1 fully saturated rings. The molecule has 0 saturated heterocycles. The highest BCUT2D eigenvalue weighted by molar-refractivity contribution is 5.40. The van der Waals surface area contributed by atoms with Crippen LogP contribution in [0.1, 0.15) is 60.5 Å². The van der Waals surface area contributed by atoms with Crippen molar-refractivity contribution in [3.63, 3.8) is 0 Å². The average molecular weight is 283 g/mol. The third kappa shape index (κ3) is 2.75. The average Bonchev–Trinajstić information content (AvgIpc) is 2.74. The summed E-state index contributed by atoms with van der Waals surface area (Å²) < 4.78 is 1.92. The van der Waals surface area contributed by atoms with Gasteiger partial charge in [0.2, 0.25) is 0 Å². The van der Waals surface area contributed by atoms with Crippen LogP contribution in [-0.4, -0.2) is 16.3 Å². The van der Waals surface area contributed by atoms with Gasteiger partial charge in [-0.3, -0.25) is 4.68 Å². The van der Waals surface area contributed by atoms with Gasteiger partial charge in [-0.15, -0.1) is 0 Å². The number of rotatable bonds is 5. The van der Waals surface area contributed by atoms with Crippen molar-refractivity contribution < 1.29 is 0 Å². The minimum Gasteiger partial charge on any atom is -0.306 e. The Morgan fingerprint density at radius 3 is 2.62 bits per heavy atom. The summed E-state index contributed by atoms with van der Waals surface area (Å²) in [4.78, 5) is 0. The maximum atomic E-state index is 4.53. The zero-order valence-corrected chi connectivity index (χ0v) is 13.3. The van der Waals surface area contributed by atoms with Crippen molar-refractivity contribution in [3.8, 4) is 0 Å². The maximum Gasteiger partial charge on any atom is 0.0644 e. The molecule has 0 radical (unpaired) electrons. The summed E-state index contributed by atoms with van der Waals surface area (Å²) >= 11 is 0. The Kier molecular flexibility index (Phi) is 4.11. The molecule has 2 aromatic rings. The van der Waals surface area contributed by atoms with Crippen LogP contribution in [0.4, 0.5) is 0 Å². The molecule has 1 unspecified atom stereocenters. The van der Waals surface area contributed by atoms with Crippen LogP contribution in [0.3, 0.4) is 0 Å². The second-order valence-electron chi connectivity index (χ2n) is 6.09. The zero-order valence-electron chi connectivity index (χ0n) is 13.3. The van der Waals surface area contributed by atoms with Crippen LogP contribution in [0.2, 0.25) is 0 Å². The van der Waals surface area contributed by atoms with E-state index in [-0.39, 0.29) is 6.04 Å². The van der Waals surface area contributed by atoms with Crippen molar-refractivity contribution in [2.24, 2.45) is 7.05 Å².